The van der Waals surface area contributed by atoms with Crippen LogP contribution in [0, 0.1) is 12.7 Å². The largest absolute Gasteiger partial charge is 0.339 e. The van der Waals surface area contributed by atoms with E-state index >= 15 is 0 Å². The van der Waals surface area contributed by atoms with Gasteiger partial charge in [0.2, 0.25) is 11.8 Å². The molecule has 25 heavy (non-hydrogen) atoms. The Kier molecular flexibility index (Phi) is 4.52. The molecule has 1 fully saturated rings. The van der Waals surface area contributed by atoms with Crippen LogP contribution >= 0.6 is 0 Å². The van der Waals surface area contributed by atoms with E-state index in [-0.39, 0.29) is 34.8 Å². The normalized spacial score (nSPS) is 14.8. The van der Waals surface area contributed by atoms with Gasteiger partial charge < -0.3 is 9.80 Å². The lowest BCUT2D eigenvalue weighted by Crippen LogP contribution is -2.51. The van der Waals surface area contributed by atoms with Crippen LogP contribution in [-0.4, -0.2) is 57.3 Å². The quantitative estimate of drug-likeness (QED) is 0.795. The molecule has 1 saturated heterocycles. The van der Waals surface area contributed by atoms with Crippen molar-refractivity contribution in [3.8, 4) is 0 Å². The predicted molar refractivity (Wildman–Crippen MR) is 89.5 cm³/mol. The Morgan fingerprint density at radius 2 is 1.80 bits per heavy atom. The van der Waals surface area contributed by atoms with Crippen molar-refractivity contribution in [1.29, 1.82) is 0 Å². The molecule has 132 valence electrons. The number of hydrogen-bond acceptors (Lipinski definition) is 4. The van der Waals surface area contributed by atoms with Gasteiger partial charge >= 0.3 is 0 Å². The number of fused-ring (bicyclic) bond motifs is 1. The number of halogens is 1. The molecular formula is C17H19FN4O3. The monoisotopic (exact) mass is 346 g/mol. The first-order valence-electron chi connectivity index (χ1n) is 8.05. The van der Waals surface area contributed by atoms with Crippen molar-refractivity contribution in [2.45, 2.75) is 20.4 Å². The fourth-order valence-corrected chi connectivity index (χ4v) is 2.92. The van der Waals surface area contributed by atoms with E-state index in [9.17, 15) is 18.8 Å². The van der Waals surface area contributed by atoms with Crippen molar-refractivity contribution in [2.24, 2.45) is 0 Å². The number of carbonyl (C=O) groups is 2. The number of aryl methyl sites for hydroxylation is 1. The maximum absolute atomic E-state index is 13.6. The van der Waals surface area contributed by atoms with E-state index in [1.807, 2.05) is 0 Å². The van der Waals surface area contributed by atoms with Crippen LogP contribution in [0.2, 0.25) is 0 Å². The molecule has 7 nitrogen and oxygen atoms in total. The Balaban J connectivity index is 1.78. The minimum absolute atomic E-state index is 0.00958. The van der Waals surface area contributed by atoms with E-state index in [1.165, 1.54) is 30.0 Å². The highest BCUT2D eigenvalue weighted by atomic mass is 19.1. The van der Waals surface area contributed by atoms with Gasteiger partial charge in [-0.2, -0.15) is 0 Å². The molecular weight excluding hydrogens is 327 g/mol. The van der Waals surface area contributed by atoms with Crippen LogP contribution in [0.5, 0.6) is 0 Å². The molecule has 2 amide bonds. The SMILES string of the molecule is CC(=O)N1CCN(C(=O)Cn2cnc3cc(F)c(C)cc3c2=O)CC1. The number of carbonyl (C=O) groups excluding carboxylic acids is 2. The number of rotatable bonds is 2. The van der Waals surface area contributed by atoms with Crippen LogP contribution in [-0.2, 0) is 16.1 Å². The first-order chi connectivity index (χ1) is 11.9. The number of nitrogens with zero attached hydrogens (tertiary/aromatic N) is 4. The van der Waals surface area contributed by atoms with Crippen molar-refractivity contribution in [1.82, 2.24) is 19.4 Å². The second-order valence-electron chi connectivity index (χ2n) is 6.18. The van der Waals surface area contributed by atoms with Crippen molar-refractivity contribution in [3.63, 3.8) is 0 Å². The third kappa shape index (κ3) is 3.38. The smallest absolute Gasteiger partial charge is 0.261 e. The molecule has 2 aromatic rings. The minimum atomic E-state index is -0.420. The van der Waals surface area contributed by atoms with Gasteiger partial charge in [-0.25, -0.2) is 9.37 Å². The van der Waals surface area contributed by atoms with Crippen LogP contribution in [0.1, 0.15) is 12.5 Å². The van der Waals surface area contributed by atoms with E-state index in [2.05, 4.69) is 4.98 Å². The summed E-state index contributed by atoms with van der Waals surface area (Å²) in [6.45, 7) is 4.82. The van der Waals surface area contributed by atoms with E-state index in [0.29, 0.717) is 31.7 Å². The summed E-state index contributed by atoms with van der Waals surface area (Å²) in [4.78, 5) is 43.7. The maximum atomic E-state index is 13.6. The van der Waals surface area contributed by atoms with Crippen molar-refractivity contribution >= 4 is 22.7 Å². The molecule has 1 aromatic heterocycles. The second kappa shape index (κ2) is 6.62. The third-order valence-electron chi connectivity index (χ3n) is 4.49. The second-order valence-corrected chi connectivity index (χ2v) is 6.18. The van der Waals surface area contributed by atoms with Gasteiger partial charge in [-0.05, 0) is 18.6 Å². The molecule has 1 aliphatic rings. The van der Waals surface area contributed by atoms with Gasteiger partial charge in [-0.15, -0.1) is 0 Å². The summed E-state index contributed by atoms with van der Waals surface area (Å²) in [5.74, 6) is -0.633. The van der Waals surface area contributed by atoms with Gasteiger partial charge in [-0.1, -0.05) is 0 Å². The zero-order valence-corrected chi connectivity index (χ0v) is 14.2. The van der Waals surface area contributed by atoms with Gasteiger partial charge in [0.05, 0.1) is 17.2 Å². The Hall–Kier alpha value is -2.77. The highest BCUT2D eigenvalue weighted by Gasteiger charge is 2.22. The molecule has 0 radical (unpaired) electrons. The molecule has 0 bridgehead atoms. The lowest BCUT2D eigenvalue weighted by molar-refractivity contribution is -0.138. The summed E-state index contributed by atoms with van der Waals surface area (Å²) in [5, 5.41) is 0.288. The Morgan fingerprint density at radius 1 is 1.16 bits per heavy atom. The first kappa shape index (κ1) is 17.1. The molecule has 2 heterocycles. The molecule has 0 N–H and O–H groups in total. The van der Waals surface area contributed by atoms with E-state index in [1.54, 1.807) is 16.7 Å². The zero-order chi connectivity index (χ0) is 18.1. The lowest BCUT2D eigenvalue weighted by atomic mass is 10.1. The van der Waals surface area contributed by atoms with Crippen molar-refractivity contribution in [3.05, 3.63) is 40.2 Å². The van der Waals surface area contributed by atoms with Crippen LogP contribution < -0.4 is 5.56 Å². The molecule has 0 spiro atoms. The van der Waals surface area contributed by atoms with E-state index < -0.39 is 5.82 Å². The fourth-order valence-electron chi connectivity index (χ4n) is 2.92. The molecule has 0 aliphatic carbocycles. The Labute approximate surface area is 143 Å². The number of benzene rings is 1. The zero-order valence-electron chi connectivity index (χ0n) is 14.2. The summed E-state index contributed by atoms with van der Waals surface area (Å²) < 4.78 is 14.8. The number of amides is 2. The average molecular weight is 346 g/mol. The molecule has 0 unspecified atom stereocenters. The molecule has 0 saturated carbocycles. The maximum Gasteiger partial charge on any atom is 0.261 e. The third-order valence-corrected chi connectivity index (χ3v) is 4.49. The summed E-state index contributed by atoms with van der Waals surface area (Å²) >= 11 is 0. The van der Waals surface area contributed by atoms with Crippen LogP contribution in [0.4, 0.5) is 4.39 Å². The topological polar surface area (TPSA) is 75.5 Å². The summed E-state index contributed by atoms with van der Waals surface area (Å²) in [5.41, 5.74) is 0.256. The van der Waals surface area contributed by atoms with Gasteiger partial charge in [0.1, 0.15) is 12.4 Å². The highest BCUT2D eigenvalue weighted by molar-refractivity contribution is 5.80. The van der Waals surface area contributed by atoms with Gasteiger partial charge in [0.25, 0.3) is 5.56 Å². The number of hydrogen-bond donors (Lipinski definition) is 0. The lowest BCUT2D eigenvalue weighted by Gasteiger charge is -2.34. The van der Waals surface area contributed by atoms with Crippen molar-refractivity contribution in [2.75, 3.05) is 26.2 Å². The Bertz CT molecular complexity index is 901. The van der Waals surface area contributed by atoms with Crippen LogP contribution in [0.25, 0.3) is 10.9 Å². The molecule has 1 aliphatic heterocycles. The number of piperazine rings is 1. The van der Waals surface area contributed by atoms with Gasteiger partial charge in [-0.3, -0.25) is 19.0 Å². The summed E-state index contributed by atoms with van der Waals surface area (Å²) in [7, 11) is 0. The van der Waals surface area contributed by atoms with E-state index in [4.69, 9.17) is 0 Å². The van der Waals surface area contributed by atoms with E-state index in [0.717, 1.165) is 0 Å². The van der Waals surface area contributed by atoms with Gasteiger partial charge in [0.15, 0.2) is 0 Å². The summed E-state index contributed by atoms with van der Waals surface area (Å²) in [6, 6.07) is 2.67. The van der Waals surface area contributed by atoms with Crippen molar-refractivity contribution < 1.29 is 14.0 Å². The average Bonchev–Trinajstić information content (AvgIpc) is 2.59. The molecule has 3 rings (SSSR count). The highest BCUT2D eigenvalue weighted by Crippen LogP contribution is 2.13. The first-order valence-corrected chi connectivity index (χ1v) is 8.05. The Morgan fingerprint density at radius 3 is 2.44 bits per heavy atom. The fraction of sp³-hybridized carbons (Fsp3) is 0.412. The van der Waals surface area contributed by atoms with Crippen LogP contribution in [0.3, 0.4) is 0 Å². The minimum Gasteiger partial charge on any atom is -0.339 e. The molecule has 1 aromatic carbocycles. The summed E-state index contributed by atoms with van der Waals surface area (Å²) in [6.07, 6.45) is 1.27. The predicted octanol–water partition coefficient (Wildman–Crippen LogP) is 0.535. The molecule has 8 heteroatoms. The van der Waals surface area contributed by atoms with Crippen LogP contribution in [0.15, 0.2) is 23.3 Å². The number of aromatic nitrogens is 2. The standard InChI is InChI=1S/C17H19FN4O3/c1-11-7-13-15(8-14(11)18)19-10-22(17(13)25)9-16(24)21-5-3-20(4-6-21)12(2)23/h7-8,10H,3-6,9H2,1-2H3. The van der Waals surface area contributed by atoms with Gasteiger partial charge in [0, 0.05) is 39.2 Å². The molecule has 0 atom stereocenters.